The Labute approximate surface area is 85.2 Å². The highest BCUT2D eigenvalue weighted by molar-refractivity contribution is 5.34. The highest BCUT2D eigenvalue weighted by Gasteiger charge is 2.01. The minimum Gasteiger partial charge on any atom is -0.206 e. The molecular formula is C12H16FN. The van der Waals surface area contributed by atoms with Crippen molar-refractivity contribution >= 4 is 0 Å². The van der Waals surface area contributed by atoms with Gasteiger partial charge in [-0.15, -0.1) is 0 Å². The van der Waals surface area contributed by atoms with Crippen LogP contribution in [0.4, 0.5) is 4.39 Å². The highest BCUT2D eigenvalue weighted by atomic mass is 19.1. The van der Waals surface area contributed by atoms with Gasteiger partial charge in [0.1, 0.15) is 11.9 Å². The minimum absolute atomic E-state index is 0.140. The summed E-state index contributed by atoms with van der Waals surface area (Å²) >= 11 is 0. The average molecular weight is 193 g/mol. The van der Waals surface area contributed by atoms with Gasteiger partial charge in [-0.05, 0) is 24.1 Å². The quantitative estimate of drug-likeness (QED) is 0.703. The van der Waals surface area contributed by atoms with Gasteiger partial charge < -0.3 is 0 Å². The van der Waals surface area contributed by atoms with Crippen LogP contribution in [0.3, 0.4) is 0 Å². The molecule has 0 aliphatic heterocycles. The first-order valence-electron chi connectivity index (χ1n) is 4.96. The molecule has 0 amide bonds. The highest BCUT2D eigenvalue weighted by Crippen LogP contribution is 2.10. The fourth-order valence-electron chi connectivity index (χ4n) is 1.10. The van der Waals surface area contributed by atoms with Gasteiger partial charge in [-0.25, -0.2) is 4.39 Å². The summed E-state index contributed by atoms with van der Waals surface area (Å²) in [6.45, 7) is 6.05. The van der Waals surface area contributed by atoms with Crippen LogP contribution < -0.4 is 0 Å². The Morgan fingerprint density at radius 1 is 1.36 bits per heavy atom. The van der Waals surface area contributed by atoms with E-state index in [1.54, 1.807) is 12.1 Å². The summed E-state index contributed by atoms with van der Waals surface area (Å²) in [5.74, 6) is -0.433. The molecule has 0 radical (unpaired) electrons. The van der Waals surface area contributed by atoms with Gasteiger partial charge in [-0.3, -0.25) is 0 Å². The molecule has 0 aliphatic rings. The van der Waals surface area contributed by atoms with E-state index in [-0.39, 0.29) is 5.56 Å². The van der Waals surface area contributed by atoms with E-state index in [9.17, 15) is 4.39 Å². The van der Waals surface area contributed by atoms with Crippen molar-refractivity contribution in [3.63, 3.8) is 0 Å². The number of hydrogen-bond donors (Lipinski definition) is 0. The van der Waals surface area contributed by atoms with Crippen molar-refractivity contribution in [1.29, 1.82) is 5.26 Å². The maximum atomic E-state index is 12.8. The summed E-state index contributed by atoms with van der Waals surface area (Å²) < 4.78 is 12.8. The van der Waals surface area contributed by atoms with Crippen molar-refractivity contribution in [1.82, 2.24) is 0 Å². The van der Waals surface area contributed by atoms with Gasteiger partial charge in [0.05, 0.1) is 5.56 Å². The Morgan fingerprint density at radius 2 is 2.00 bits per heavy atom. The van der Waals surface area contributed by atoms with Crippen LogP contribution in [0.5, 0.6) is 0 Å². The van der Waals surface area contributed by atoms with Crippen LogP contribution in [-0.4, -0.2) is 0 Å². The third-order valence-corrected chi connectivity index (χ3v) is 1.69. The topological polar surface area (TPSA) is 23.8 Å². The monoisotopic (exact) mass is 193 g/mol. The molecule has 0 aromatic heterocycles. The molecule has 0 aliphatic carbocycles. The summed E-state index contributed by atoms with van der Waals surface area (Å²) in [7, 11) is 0. The molecule has 0 saturated heterocycles. The zero-order chi connectivity index (χ0) is 11.0. The van der Waals surface area contributed by atoms with Crippen LogP contribution >= 0.6 is 0 Å². The van der Waals surface area contributed by atoms with Crippen LogP contribution in [0.25, 0.3) is 0 Å². The van der Waals surface area contributed by atoms with E-state index >= 15 is 0 Å². The molecule has 2 heteroatoms. The van der Waals surface area contributed by atoms with Crippen LogP contribution in [0.1, 0.15) is 38.3 Å². The Kier molecular flexibility index (Phi) is 6.39. The molecule has 76 valence electrons. The first kappa shape index (κ1) is 12.6. The largest absolute Gasteiger partial charge is 0.206 e. The van der Waals surface area contributed by atoms with Crippen molar-refractivity contribution in [3.8, 4) is 6.07 Å². The zero-order valence-corrected chi connectivity index (χ0v) is 8.97. The van der Waals surface area contributed by atoms with Gasteiger partial charge >= 0.3 is 0 Å². The van der Waals surface area contributed by atoms with E-state index in [0.717, 1.165) is 18.4 Å². The molecule has 0 fully saturated rings. The lowest BCUT2D eigenvalue weighted by Gasteiger charge is -1.98. The molecule has 0 N–H and O–H groups in total. The number of nitriles is 1. The molecular weight excluding hydrogens is 177 g/mol. The second kappa shape index (κ2) is 7.08. The molecule has 0 unspecified atom stereocenters. The number of aryl methyl sites for hydroxylation is 1. The minimum atomic E-state index is -0.433. The lowest BCUT2D eigenvalue weighted by Crippen LogP contribution is -1.88. The molecule has 0 spiro atoms. The van der Waals surface area contributed by atoms with Crippen molar-refractivity contribution in [2.45, 2.75) is 33.6 Å². The predicted molar refractivity (Wildman–Crippen MR) is 56.5 cm³/mol. The maximum absolute atomic E-state index is 12.8. The van der Waals surface area contributed by atoms with Crippen molar-refractivity contribution in [3.05, 3.63) is 35.1 Å². The Bertz CT molecular complexity index is 313. The standard InChI is InChI=1S/C10H10FN.C2H6/c1-2-3-8-4-5-10(11)9(6-8)7-12;1-2/h4-6H,2-3H2,1H3;1-2H3. The summed E-state index contributed by atoms with van der Waals surface area (Å²) in [5, 5.41) is 8.52. The molecule has 1 nitrogen and oxygen atoms in total. The first-order valence-corrected chi connectivity index (χ1v) is 4.96. The average Bonchev–Trinajstić information content (AvgIpc) is 2.24. The molecule has 1 aromatic carbocycles. The van der Waals surface area contributed by atoms with Gasteiger partial charge in [0.15, 0.2) is 0 Å². The Hall–Kier alpha value is -1.36. The second-order valence-corrected chi connectivity index (χ2v) is 2.68. The fourth-order valence-corrected chi connectivity index (χ4v) is 1.10. The van der Waals surface area contributed by atoms with Crippen LogP contribution in [0.15, 0.2) is 18.2 Å². The van der Waals surface area contributed by atoms with E-state index in [1.165, 1.54) is 6.07 Å². The van der Waals surface area contributed by atoms with Gasteiger partial charge in [-0.2, -0.15) is 5.26 Å². The van der Waals surface area contributed by atoms with E-state index in [1.807, 2.05) is 19.9 Å². The van der Waals surface area contributed by atoms with E-state index < -0.39 is 5.82 Å². The summed E-state index contributed by atoms with van der Waals surface area (Å²) in [4.78, 5) is 0. The number of rotatable bonds is 2. The van der Waals surface area contributed by atoms with E-state index in [0.29, 0.717) is 0 Å². The SMILES string of the molecule is CC.CCCc1ccc(F)c(C#N)c1. The number of nitrogens with zero attached hydrogens (tertiary/aromatic N) is 1. The van der Waals surface area contributed by atoms with Gasteiger partial charge in [0.25, 0.3) is 0 Å². The molecule has 14 heavy (non-hydrogen) atoms. The smallest absolute Gasteiger partial charge is 0.140 e. The third kappa shape index (κ3) is 3.57. The molecule has 1 rings (SSSR count). The van der Waals surface area contributed by atoms with Gasteiger partial charge in [-0.1, -0.05) is 33.3 Å². The molecule has 0 saturated carbocycles. The van der Waals surface area contributed by atoms with Crippen LogP contribution in [-0.2, 0) is 6.42 Å². The van der Waals surface area contributed by atoms with Gasteiger partial charge in [0, 0.05) is 0 Å². The fraction of sp³-hybridized carbons (Fsp3) is 0.417. The molecule has 0 heterocycles. The first-order chi connectivity index (χ1) is 6.77. The molecule has 1 aromatic rings. The van der Waals surface area contributed by atoms with Crippen molar-refractivity contribution in [2.24, 2.45) is 0 Å². The second-order valence-electron chi connectivity index (χ2n) is 2.68. The van der Waals surface area contributed by atoms with E-state index in [2.05, 4.69) is 6.92 Å². The van der Waals surface area contributed by atoms with Crippen LogP contribution in [0, 0.1) is 17.1 Å². The van der Waals surface area contributed by atoms with Crippen LogP contribution in [0.2, 0.25) is 0 Å². The Morgan fingerprint density at radius 3 is 2.50 bits per heavy atom. The number of benzene rings is 1. The normalized spacial score (nSPS) is 8.50. The Balaban J connectivity index is 0.000000791. The third-order valence-electron chi connectivity index (χ3n) is 1.69. The van der Waals surface area contributed by atoms with E-state index in [4.69, 9.17) is 5.26 Å². The van der Waals surface area contributed by atoms with Crippen molar-refractivity contribution < 1.29 is 4.39 Å². The zero-order valence-electron chi connectivity index (χ0n) is 8.97. The predicted octanol–water partition coefficient (Wildman–Crippen LogP) is 3.68. The lowest BCUT2D eigenvalue weighted by atomic mass is 10.1. The summed E-state index contributed by atoms with van der Waals surface area (Å²) in [6.07, 6.45) is 1.91. The van der Waals surface area contributed by atoms with Crippen molar-refractivity contribution in [2.75, 3.05) is 0 Å². The number of hydrogen-bond acceptors (Lipinski definition) is 1. The lowest BCUT2D eigenvalue weighted by molar-refractivity contribution is 0.623. The summed E-state index contributed by atoms with van der Waals surface area (Å²) in [5.41, 5.74) is 1.16. The molecule has 0 bridgehead atoms. The maximum Gasteiger partial charge on any atom is 0.140 e. The van der Waals surface area contributed by atoms with Gasteiger partial charge in [0.2, 0.25) is 0 Å². The number of halogens is 1. The summed E-state index contributed by atoms with van der Waals surface area (Å²) in [6, 6.07) is 6.50. The molecule has 0 atom stereocenters.